The number of carboxylic acid groups (broad SMARTS) is 1. The summed E-state index contributed by atoms with van der Waals surface area (Å²) in [6, 6.07) is 0. The van der Waals surface area contributed by atoms with Gasteiger partial charge in [0.25, 0.3) is 0 Å². The van der Waals surface area contributed by atoms with Crippen LogP contribution in [0.1, 0.15) is 54.9 Å². The van der Waals surface area contributed by atoms with Crippen LogP contribution in [0.25, 0.3) is 0 Å². The maximum atomic E-state index is 12.7. The van der Waals surface area contributed by atoms with E-state index in [-0.39, 0.29) is 18.9 Å². The zero-order chi connectivity index (χ0) is 15.6. The molecule has 0 radical (unpaired) electrons. The second-order valence-corrected chi connectivity index (χ2v) is 7.12. The summed E-state index contributed by atoms with van der Waals surface area (Å²) in [6.07, 6.45) is -0.0654. The van der Waals surface area contributed by atoms with Crippen LogP contribution < -0.4 is 5.73 Å². The van der Waals surface area contributed by atoms with E-state index in [1.165, 1.54) is 0 Å². The fraction of sp³-hybridized carbons (Fsp3) is 0.857. The highest BCUT2D eigenvalue weighted by Crippen LogP contribution is 2.33. The predicted octanol–water partition coefficient (Wildman–Crippen LogP) is 1.85. The van der Waals surface area contributed by atoms with Crippen molar-refractivity contribution in [3.63, 3.8) is 0 Å². The molecule has 0 heterocycles. The van der Waals surface area contributed by atoms with Crippen molar-refractivity contribution in [1.82, 2.24) is 4.90 Å². The molecule has 0 bridgehead atoms. The van der Waals surface area contributed by atoms with E-state index in [1.807, 2.05) is 34.6 Å². The normalized spacial score (nSPS) is 13.3. The van der Waals surface area contributed by atoms with E-state index >= 15 is 0 Å². The van der Waals surface area contributed by atoms with Gasteiger partial charge in [0.15, 0.2) is 0 Å². The molecular weight excluding hydrogens is 244 g/mol. The van der Waals surface area contributed by atoms with Crippen molar-refractivity contribution in [1.29, 1.82) is 0 Å². The van der Waals surface area contributed by atoms with Crippen molar-refractivity contribution in [2.24, 2.45) is 11.1 Å². The Hall–Kier alpha value is -1.10. The number of rotatable bonds is 5. The molecule has 112 valence electrons. The average Bonchev–Trinajstić information content (AvgIpc) is 2.12. The summed E-state index contributed by atoms with van der Waals surface area (Å²) in [7, 11) is 0. The SMILES string of the molecule is CC(C)(C)N(CCC(=O)O)C(=O)C(C)(C)C(C)(C)N. The highest BCUT2D eigenvalue weighted by molar-refractivity contribution is 5.84. The van der Waals surface area contributed by atoms with Gasteiger partial charge in [-0.25, -0.2) is 0 Å². The summed E-state index contributed by atoms with van der Waals surface area (Å²) in [5, 5.41) is 8.81. The van der Waals surface area contributed by atoms with Crippen LogP contribution in [-0.4, -0.2) is 39.5 Å². The number of carbonyl (C=O) groups excluding carboxylic acids is 1. The Labute approximate surface area is 116 Å². The molecule has 5 heteroatoms. The fourth-order valence-electron chi connectivity index (χ4n) is 1.56. The Morgan fingerprint density at radius 2 is 1.47 bits per heavy atom. The first-order valence-corrected chi connectivity index (χ1v) is 6.54. The minimum atomic E-state index is -0.910. The molecule has 0 spiro atoms. The first-order valence-electron chi connectivity index (χ1n) is 6.54. The van der Waals surface area contributed by atoms with Crippen molar-refractivity contribution in [3.8, 4) is 0 Å². The van der Waals surface area contributed by atoms with Gasteiger partial charge in [-0.1, -0.05) is 0 Å². The first kappa shape index (κ1) is 17.9. The van der Waals surface area contributed by atoms with Crippen molar-refractivity contribution in [2.45, 2.75) is 66.0 Å². The van der Waals surface area contributed by atoms with Crippen LogP contribution >= 0.6 is 0 Å². The molecule has 0 aromatic heterocycles. The summed E-state index contributed by atoms with van der Waals surface area (Å²) in [5.74, 6) is -1.03. The Morgan fingerprint density at radius 1 is 1.05 bits per heavy atom. The second-order valence-electron chi connectivity index (χ2n) is 7.12. The van der Waals surface area contributed by atoms with E-state index in [1.54, 1.807) is 18.7 Å². The van der Waals surface area contributed by atoms with Gasteiger partial charge in [-0.2, -0.15) is 0 Å². The smallest absolute Gasteiger partial charge is 0.305 e. The quantitative estimate of drug-likeness (QED) is 0.800. The summed E-state index contributed by atoms with van der Waals surface area (Å²) < 4.78 is 0. The molecule has 0 saturated heterocycles. The molecule has 0 aromatic rings. The summed E-state index contributed by atoms with van der Waals surface area (Å²) >= 11 is 0. The molecule has 0 atom stereocenters. The van der Waals surface area contributed by atoms with Crippen LogP contribution in [0.3, 0.4) is 0 Å². The summed E-state index contributed by atoms with van der Waals surface area (Å²) in [5.41, 5.74) is 4.20. The van der Waals surface area contributed by atoms with E-state index < -0.39 is 22.5 Å². The van der Waals surface area contributed by atoms with E-state index in [0.29, 0.717) is 0 Å². The van der Waals surface area contributed by atoms with Gasteiger partial charge in [0.05, 0.1) is 11.8 Å². The lowest BCUT2D eigenvalue weighted by Gasteiger charge is -2.45. The van der Waals surface area contributed by atoms with Crippen molar-refractivity contribution < 1.29 is 14.7 Å². The number of nitrogens with two attached hydrogens (primary N) is 1. The molecule has 0 aliphatic rings. The van der Waals surface area contributed by atoms with E-state index in [4.69, 9.17) is 10.8 Å². The molecule has 1 amide bonds. The van der Waals surface area contributed by atoms with E-state index in [9.17, 15) is 9.59 Å². The molecule has 0 rings (SSSR count). The monoisotopic (exact) mass is 272 g/mol. The number of carbonyl (C=O) groups is 2. The maximum absolute atomic E-state index is 12.7. The molecular formula is C14H28N2O3. The second kappa shape index (κ2) is 5.49. The number of nitrogens with zero attached hydrogens (tertiary/aromatic N) is 1. The number of hydrogen-bond acceptors (Lipinski definition) is 3. The fourth-order valence-corrected chi connectivity index (χ4v) is 1.56. The maximum Gasteiger partial charge on any atom is 0.305 e. The minimum absolute atomic E-state index is 0.0654. The van der Waals surface area contributed by atoms with Gasteiger partial charge in [0, 0.05) is 17.6 Å². The summed E-state index contributed by atoms with van der Waals surface area (Å²) in [4.78, 5) is 25.1. The van der Waals surface area contributed by atoms with Gasteiger partial charge in [0.1, 0.15) is 0 Å². The van der Waals surface area contributed by atoms with Gasteiger partial charge >= 0.3 is 5.97 Å². The first-order chi connectivity index (χ1) is 8.21. The molecule has 3 N–H and O–H groups in total. The zero-order valence-corrected chi connectivity index (χ0v) is 13.2. The molecule has 0 unspecified atom stereocenters. The van der Waals surface area contributed by atoms with Crippen molar-refractivity contribution in [3.05, 3.63) is 0 Å². The third-order valence-corrected chi connectivity index (χ3v) is 3.75. The largest absolute Gasteiger partial charge is 0.481 e. The van der Waals surface area contributed by atoms with E-state index in [2.05, 4.69) is 0 Å². The molecule has 0 aliphatic heterocycles. The van der Waals surface area contributed by atoms with Crippen molar-refractivity contribution >= 4 is 11.9 Å². The minimum Gasteiger partial charge on any atom is -0.481 e. The lowest BCUT2D eigenvalue weighted by molar-refractivity contribution is -0.149. The Morgan fingerprint density at radius 3 is 1.74 bits per heavy atom. The standard InChI is InChI=1S/C14H28N2O3/c1-12(2,3)16(9-8-10(17)18)11(19)13(4,5)14(6,7)15/h8-9,15H2,1-7H3,(H,17,18). The lowest BCUT2D eigenvalue weighted by atomic mass is 9.73. The molecule has 19 heavy (non-hydrogen) atoms. The number of aliphatic carboxylic acids is 1. The Bertz CT molecular complexity index is 349. The highest BCUT2D eigenvalue weighted by Gasteiger charge is 2.45. The topological polar surface area (TPSA) is 83.6 Å². The number of amides is 1. The number of hydrogen-bond donors (Lipinski definition) is 2. The zero-order valence-electron chi connectivity index (χ0n) is 13.2. The third kappa shape index (κ3) is 4.49. The van der Waals surface area contributed by atoms with Crippen molar-refractivity contribution in [2.75, 3.05) is 6.54 Å². The van der Waals surface area contributed by atoms with Gasteiger partial charge < -0.3 is 15.7 Å². The molecule has 5 nitrogen and oxygen atoms in total. The highest BCUT2D eigenvalue weighted by atomic mass is 16.4. The molecule has 0 saturated carbocycles. The van der Waals surface area contributed by atoms with Gasteiger partial charge in [-0.15, -0.1) is 0 Å². The Balaban J connectivity index is 5.29. The Kier molecular flexibility index (Phi) is 5.17. The molecule has 0 aromatic carbocycles. The van der Waals surface area contributed by atoms with Gasteiger partial charge in [-0.05, 0) is 48.5 Å². The van der Waals surface area contributed by atoms with Crippen LogP contribution in [0.15, 0.2) is 0 Å². The number of carboxylic acids is 1. The summed E-state index contributed by atoms with van der Waals surface area (Å²) in [6.45, 7) is 13.1. The average molecular weight is 272 g/mol. The van der Waals surface area contributed by atoms with Crippen LogP contribution in [0.5, 0.6) is 0 Å². The van der Waals surface area contributed by atoms with Gasteiger partial charge in [-0.3, -0.25) is 9.59 Å². The van der Waals surface area contributed by atoms with Crippen LogP contribution in [0, 0.1) is 5.41 Å². The van der Waals surface area contributed by atoms with Crippen LogP contribution in [0.4, 0.5) is 0 Å². The predicted molar refractivity (Wildman–Crippen MR) is 75.8 cm³/mol. The molecule has 0 aliphatic carbocycles. The molecule has 0 fully saturated rings. The van der Waals surface area contributed by atoms with Crippen LogP contribution in [0.2, 0.25) is 0 Å². The van der Waals surface area contributed by atoms with Crippen LogP contribution in [-0.2, 0) is 9.59 Å². The van der Waals surface area contributed by atoms with E-state index in [0.717, 1.165) is 0 Å². The lowest BCUT2D eigenvalue weighted by Crippen LogP contribution is -2.60. The van der Waals surface area contributed by atoms with Gasteiger partial charge in [0.2, 0.25) is 5.91 Å². The third-order valence-electron chi connectivity index (χ3n) is 3.75.